The van der Waals surface area contributed by atoms with Crippen LogP contribution < -0.4 is 15.5 Å². The van der Waals surface area contributed by atoms with Crippen LogP contribution >= 0.6 is 0 Å². The molecule has 0 saturated heterocycles. The van der Waals surface area contributed by atoms with Crippen LogP contribution in [0.25, 0.3) is 0 Å². The molecule has 2 aromatic carbocycles. The molecule has 0 bridgehead atoms. The summed E-state index contributed by atoms with van der Waals surface area (Å²) >= 11 is 0. The summed E-state index contributed by atoms with van der Waals surface area (Å²) in [5.74, 6) is 6.30. The van der Waals surface area contributed by atoms with E-state index in [1.54, 1.807) is 4.90 Å². The second kappa shape index (κ2) is 8.93. The maximum atomic E-state index is 13.1. The van der Waals surface area contributed by atoms with Crippen LogP contribution in [0.3, 0.4) is 0 Å². The Bertz CT molecular complexity index is 969. The summed E-state index contributed by atoms with van der Waals surface area (Å²) in [7, 11) is 1.83. The fourth-order valence-electron chi connectivity index (χ4n) is 3.20. The number of para-hydroxylation sites is 1. The highest BCUT2D eigenvalue weighted by molar-refractivity contribution is 5.95. The van der Waals surface area contributed by atoms with Gasteiger partial charge in [0.15, 0.2) is 0 Å². The summed E-state index contributed by atoms with van der Waals surface area (Å²) in [6, 6.07) is 15.6. The van der Waals surface area contributed by atoms with Crippen molar-refractivity contribution in [3.63, 3.8) is 0 Å². The molecule has 5 heteroatoms. The number of hydrogen-bond donors (Lipinski definition) is 2. The smallest absolute Gasteiger partial charge is 0.229 e. The van der Waals surface area contributed by atoms with Gasteiger partial charge in [0.1, 0.15) is 0 Å². The zero-order valence-electron chi connectivity index (χ0n) is 17.2. The van der Waals surface area contributed by atoms with E-state index in [9.17, 15) is 9.59 Å². The van der Waals surface area contributed by atoms with Gasteiger partial charge in [0.2, 0.25) is 11.8 Å². The summed E-state index contributed by atoms with van der Waals surface area (Å²) < 4.78 is 0. The zero-order chi connectivity index (χ0) is 20.9. The topological polar surface area (TPSA) is 61.4 Å². The van der Waals surface area contributed by atoms with Gasteiger partial charge in [0.05, 0.1) is 12.2 Å². The lowest BCUT2D eigenvalue weighted by Crippen LogP contribution is -2.42. The molecule has 0 fully saturated rings. The molecular weight excluding hydrogens is 362 g/mol. The SMILES string of the molecule is CNC(C)(C)CC(=O)NCCC(=O)N1Cc2ccccc2C#Cc2ccccc21. The molecule has 0 spiro atoms. The Balaban J connectivity index is 1.73. The van der Waals surface area contributed by atoms with Crippen LogP contribution in [0.5, 0.6) is 0 Å². The number of carbonyl (C=O) groups is 2. The van der Waals surface area contributed by atoms with E-state index in [0.29, 0.717) is 19.5 Å². The quantitative estimate of drug-likeness (QED) is 0.747. The monoisotopic (exact) mass is 389 g/mol. The molecule has 1 aliphatic rings. The lowest BCUT2D eigenvalue weighted by molar-refractivity contribution is -0.122. The van der Waals surface area contributed by atoms with Crippen molar-refractivity contribution in [2.24, 2.45) is 0 Å². The molecule has 2 amide bonds. The van der Waals surface area contributed by atoms with Gasteiger partial charge >= 0.3 is 0 Å². The summed E-state index contributed by atoms with van der Waals surface area (Å²) in [5, 5.41) is 5.97. The highest BCUT2D eigenvalue weighted by Gasteiger charge is 2.22. The Labute approximate surface area is 172 Å². The van der Waals surface area contributed by atoms with Gasteiger partial charge in [-0.1, -0.05) is 42.2 Å². The number of amides is 2. The number of benzene rings is 2. The highest BCUT2D eigenvalue weighted by Crippen LogP contribution is 2.25. The Kier molecular flexibility index (Phi) is 6.36. The van der Waals surface area contributed by atoms with Crippen molar-refractivity contribution in [1.29, 1.82) is 0 Å². The lowest BCUT2D eigenvalue weighted by atomic mass is 10.0. The Hall–Kier alpha value is -3.10. The molecule has 0 atom stereocenters. The van der Waals surface area contributed by atoms with Crippen molar-refractivity contribution in [3.05, 3.63) is 65.2 Å². The minimum Gasteiger partial charge on any atom is -0.356 e. The zero-order valence-corrected chi connectivity index (χ0v) is 17.2. The lowest BCUT2D eigenvalue weighted by Gasteiger charge is -2.26. The summed E-state index contributed by atoms with van der Waals surface area (Å²) in [5.41, 5.74) is 3.31. The van der Waals surface area contributed by atoms with Crippen molar-refractivity contribution in [1.82, 2.24) is 10.6 Å². The van der Waals surface area contributed by atoms with Gasteiger partial charge in [-0.3, -0.25) is 9.59 Å². The maximum Gasteiger partial charge on any atom is 0.229 e. The number of nitrogens with zero attached hydrogens (tertiary/aromatic N) is 1. The third-order valence-corrected chi connectivity index (χ3v) is 5.11. The van der Waals surface area contributed by atoms with Gasteiger partial charge in [-0.25, -0.2) is 0 Å². The van der Waals surface area contributed by atoms with Crippen LogP contribution in [0.2, 0.25) is 0 Å². The van der Waals surface area contributed by atoms with Gasteiger partial charge < -0.3 is 15.5 Å². The first-order valence-corrected chi connectivity index (χ1v) is 9.84. The van der Waals surface area contributed by atoms with Crippen LogP contribution in [0.1, 0.15) is 43.4 Å². The van der Waals surface area contributed by atoms with E-state index in [1.807, 2.05) is 69.4 Å². The Morgan fingerprint density at radius 3 is 2.45 bits per heavy atom. The molecule has 29 heavy (non-hydrogen) atoms. The van der Waals surface area contributed by atoms with E-state index in [0.717, 1.165) is 22.4 Å². The molecule has 3 rings (SSSR count). The molecule has 2 N–H and O–H groups in total. The molecule has 5 nitrogen and oxygen atoms in total. The van der Waals surface area contributed by atoms with Crippen LogP contribution in [0.4, 0.5) is 5.69 Å². The first-order valence-electron chi connectivity index (χ1n) is 9.84. The molecule has 0 aliphatic carbocycles. The number of rotatable bonds is 6. The fraction of sp³-hybridized carbons (Fsp3) is 0.333. The second-order valence-corrected chi connectivity index (χ2v) is 7.81. The number of fused-ring (bicyclic) bond motifs is 2. The van der Waals surface area contributed by atoms with Gasteiger partial charge in [-0.15, -0.1) is 0 Å². The Morgan fingerprint density at radius 1 is 1.03 bits per heavy atom. The van der Waals surface area contributed by atoms with Crippen molar-refractivity contribution in [2.45, 2.75) is 38.8 Å². The molecule has 0 radical (unpaired) electrons. The molecule has 150 valence electrons. The minimum atomic E-state index is -0.279. The van der Waals surface area contributed by atoms with Gasteiger partial charge in [0.25, 0.3) is 0 Å². The van der Waals surface area contributed by atoms with E-state index in [2.05, 4.69) is 22.5 Å². The van der Waals surface area contributed by atoms with Gasteiger partial charge in [-0.05, 0) is 44.7 Å². The van der Waals surface area contributed by atoms with Gasteiger partial charge in [-0.2, -0.15) is 0 Å². The Morgan fingerprint density at radius 2 is 1.69 bits per heavy atom. The molecule has 2 aromatic rings. The van der Waals surface area contributed by atoms with Crippen LogP contribution in [0.15, 0.2) is 48.5 Å². The predicted octanol–water partition coefficient (Wildman–Crippen LogP) is 2.83. The van der Waals surface area contributed by atoms with Crippen LogP contribution in [-0.2, 0) is 16.1 Å². The molecule has 0 aromatic heterocycles. The van der Waals surface area contributed by atoms with Crippen molar-refractivity contribution >= 4 is 17.5 Å². The summed E-state index contributed by atoms with van der Waals surface area (Å²) in [6.07, 6.45) is 0.586. The average Bonchev–Trinajstić information content (AvgIpc) is 2.69. The molecule has 1 aliphatic heterocycles. The van der Waals surface area contributed by atoms with E-state index in [1.165, 1.54) is 0 Å². The maximum absolute atomic E-state index is 13.1. The van der Waals surface area contributed by atoms with E-state index < -0.39 is 0 Å². The summed E-state index contributed by atoms with van der Waals surface area (Å²) in [4.78, 5) is 27.0. The summed E-state index contributed by atoms with van der Waals surface area (Å²) in [6.45, 7) is 4.70. The molecule has 0 saturated carbocycles. The largest absolute Gasteiger partial charge is 0.356 e. The number of hydrogen-bond acceptors (Lipinski definition) is 3. The predicted molar refractivity (Wildman–Crippen MR) is 115 cm³/mol. The highest BCUT2D eigenvalue weighted by atomic mass is 16.2. The van der Waals surface area contributed by atoms with E-state index in [-0.39, 0.29) is 23.8 Å². The fourth-order valence-corrected chi connectivity index (χ4v) is 3.20. The van der Waals surface area contributed by atoms with Crippen LogP contribution in [-0.4, -0.2) is 30.9 Å². The van der Waals surface area contributed by atoms with E-state index in [4.69, 9.17) is 0 Å². The number of carbonyl (C=O) groups excluding carboxylic acids is 2. The minimum absolute atomic E-state index is 0.0378. The number of nitrogens with one attached hydrogen (secondary N) is 2. The van der Waals surface area contributed by atoms with Crippen molar-refractivity contribution in [2.75, 3.05) is 18.5 Å². The third-order valence-electron chi connectivity index (χ3n) is 5.11. The third kappa shape index (κ3) is 5.24. The van der Waals surface area contributed by atoms with Gasteiger partial charge in [0, 0.05) is 36.1 Å². The van der Waals surface area contributed by atoms with E-state index >= 15 is 0 Å². The van der Waals surface area contributed by atoms with Crippen molar-refractivity contribution in [3.8, 4) is 11.8 Å². The standard InChI is InChI=1S/C24H27N3O2/c1-24(2,25-3)16-22(28)26-15-14-23(29)27-17-20-10-5-4-8-18(20)12-13-19-9-6-7-11-21(19)27/h4-11,25H,14-17H2,1-3H3,(H,26,28). The molecule has 0 unspecified atom stereocenters. The first kappa shape index (κ1) is 20.6. The average molecular weight is 389 g/mol. The first-order chi connectivity index (χ1) is 13.9. The number of anilines is 1. The van der Waals surface area contributed by atoms with Crippen molar-refractivity contribution < 1.29 is 9.59 Å². The normalized spacial score (nSPS) is 12.6. The second-order valence-electron chi connectivity index (χ2n) is 7.81. The van der Waals surface area contributed by atoms with Crippen LogP contribution in [0, 0.1) is 11.8 Å². The molecular formula is C24H27N3O2. The molecule has 1 heterocycles.